The highest BCUT2D eigenvalue weighted by atomic mass is 32.2. The highest BCUT2D eigenvalue weighted by molar-refractivity contribution is 8.00. The molecule has 6 nitrogen and oxygen atoms in total. The molecular formula is C29H26N2O4S. The molecular weight excluding hydrogens is 472 g/mol. The van der Waals surface area contributed by atoms with Crippen LogP contribution in [0.15, 0.2) is 102 Å². The van der Waals surface area contributed by atoms with Gasteiger partial charge in [-0.05, 0) is 29.2 Å². The van der Waals surface area contributed by atoms with E-state index in [1.807, 2.05) is 97.9 Å². The molecule has 2 heterocycles. The van der Waals surface area contributed by atoms with Gasteiger partial charge in [0.1, 0.15) is 17.1 Å². The fourth-order valence-electron chi connectivity index (χ4n) is 4.52. The summed E-state index contributed by atoms with van der Waals surface area (Å²) in [7, 11) is 0. The van der Waals surface area contributed by atoms with Crippen molar-refractivity contribution in [1.29, 1.82) is 0 Å². The second-order valence-electron chi connectivity index (χ2n) is 8.85. The standard InChI is InChI=1S/C29H26N2O4S/c1-19-18-36-28-24(30-23(32)17-20-11-5-2-6-12-20)27(33)31(28)25(19)29(34)35-26(21-13-7-3-8-14-21)22-15-9-4-10-16-22/h2-16,24,26,28H,17-18H2,1H3,(H,30,32)/t24-,28+/m0/s1. The van der Waals surface area contributed by atoms with E-state index in [9.17, 15) is 14.4 Å². The lowest BCUT2D eigenvalue weighted by Crippen LogP contribution is -2.70. The van der Waals surface area contributed by atoms with Crippen molar-refractivity contribution >= 4 is 29.5 Å². The Hall–Kier alpha value is -3.84. The minimum Gasteiger partial charge on any atom is -0.448 e. The van der Waals surface area contributed by atoms with E-state index in [4.69, 9.17) is 4.74 Å². The van der Waals surface area contributed by atoms with Gasteiger partial charge in [-0.2, -0.15) is 0 Å². The SMILES string of the molecule is CC1=C(C(=O)OC(c2ccccc2)c2ccccc2)N2C(=O)[C@H](NC(=O)Cc3ccccc3)[C@H]2SC1. The van der Waals surface area contributed by atoms with Gasteiger partial charge in [0.05, 0.1) is 6.42 Å². The smallest absolute Gasteiger partial charge is 0.356 e. The second kappa shape index (κ2) is 10.4. The molecule has 0 unspecified atom stereocenters. The molecule has 1 saturated heterocycles. The second-order valence-corrected chi connectivity index (χ2v) is 9.96. The molecule has 5 rings (SSSR count). The number of nitrogens with one attached hydrogen (secondary N) is 1. The van der Waals surface area contributed by atoms with Gasteiger partial charge in [0.2, 0.25) is 5.91 Å². The Balaban J connectivity index is 1.32. The highest BCUT2D eigenvalue weighted by Gasteiger charge is 2.54. The zero-order valence-corrected chi connectivity index (χ0v) is 20.6. The summed E-state index contributed by atoms with van der Waals surface area (Å²) in [6.45, 7) is 1.84. The fraction of sp³-hybridized carbons (Fsp3) is 0.207. The molecule has 2 aliphatic rings. The first-order valence-electron chi connectivity index (χ1n) is 11.8. The predicted molar refractivity (Wildman–Crippen MR) is 139 cm³/mol. The number of ether oxygens (including phenoxy) is 1. The van der Waals surface area contributed by atoms with E-state index in [1.165, 1.54) is 16.7 Å². The maximum atomic E-state index is 13.5. The van der Waals surface area contributed by atoms with Crippen LogP contribution in [-0.4, -0.2) is 39.9 Å². The van der Waals surface area contributed by atoms with Crippen LogP contribution >= 0.6 is 11.8 Å². The Labute approximate surface area is 214 Å². The molecule has 0 spiro atoms. The van der Waals surface area contributed by atoms with E-state index in [2.05, 4.69) is 5.32 Å². The maximum Gasteiger partial charge on any atom is 0.356 e. The Morgan fingerprint density at radius 2 is 1.50 bits per heavy atom. The number of carbonyl (C=O) groups is 3. The molecule has 2 aliphatic heterocycles. The number of carbonyl (C=O) groups excluding carboxylic acids is 3. The number of thioether (sulfide) groups is 1. The van der Waals surface area contributed by atoms with Crippen LogP contribution in [0, 0.1) is 0 Å². The molecule has 0 radical (unpaired) electrons. The van der Waals surface area contributed by atoms with E-state index < -0.39 is 18.1 Å². The predicted octanol–water partition coefficient (Wildman–Crippen LogP) is 4.24. The summed E-state index contributed by atoms with van der Waals surface area (Å²) in [5.74, 6) is -0.483. The average molecular weight is 499 g/mol. The van der Waals surface area contributed by atoms with E-state index >= 15 is 0 Å². The first-order valence-corrected chi connectivity index (χ1v) is 12.9. The minimum atomic E-state index is -0.666. The quantitative estimate of drug-likeness (QED) is 0.390. The molecule has 3 aromatic carbocycles. The fourth-order valence-corrected chi connectivity index (χ4v) is 5.81. The van der Waals surface area contributed by atoms with Crippen molar-refractivity contribution in [2.45, 2.75) is 30.9 Å². The number of fused-ring (bicyclic) bond motifs is 1. The molecule has 7 heteroatoms. The lowest BCUT2D eigenvalue weighted by molar-refractivity contribution is -0.154. The summed E-state index contributed by atoms with van der Waals surface area (Å²) >= 11 is 1.54. The number of hydrogen-bond donors (Lipinski definition) is 1. The van der Waals surface area contributed by atoms with E-state index in [1.54, 1.807) is 0 Å². The van der Waals surface area contributed by atoms with Crippen LogP contribution < -0.4 is 5.32 Å². The largest absolute Gasteiger partial charge is 0.448 e. The van der Waals surface area contributed by atoms with Crippen molar-refractivity contribution in [3.8, 4) is 0 Å². The van der Waals surface area contributed by atoms with Crippen molar-refractivity contribution in [3.05, 3.63) is 119 Å². The first kappa shape index (κ1) is 23.9. The van der Waals surface area contributed by atoms with Gasteiger partial charge in [0.25, 0.3) is 5.91 Å². The number of benzene rings is 3. The van der Waals surface area contributed by atoms with Crippen LogP contribution in [0.1, 0.15) is 29.7 Å². The van der Waals surface area contributed by atoms with Gasteiger partial charge >= 0.3 is 5.97 Å². The van der Waals surface area contributed by atoms with Gasteiger partial charge in [-0.3, -0.25) is 14.5 Å². The van der Waals surface area contributed by atoms with Crippen LogP contribution in [0.5, 0.6) is 0 Å². The molecule has 0 bridgehead atoms. The topological polar surface area (TPSA) is 75.7 Å². The van der Waals surface area contributed by atoms with E-state index in [0.29, 0.717) is 5.75 Å². The third kappa shape index (κ3) is 4.79. The lowest BCUT2D eigenvalue weighted by atomic mass is 10.0. The van der Waals surface area contributed by atoms with Crippen LogP contribution in [0.2, 0.25) is 0 Å². The summed E-state index contributed by atoms with van der Waals surface area (Å²) in [4.78, 5) is 40.7. The maximum absolute atomic E-state index is 13.5. The number of amides is 2. The molecule has 2 amide bonds. The van der Waals surface area contributed by atoms with Gasteiger partial charge in [-0.15, -0.1) is 11.8 Å². The molecule has 1 fully saturated rings. The van der Waals surface area contributed by atoms with Crippen molar-refractivity contribution in [1.82, 2.24) is 10.2 Å². The Morgan fingerprint density at radius 1 is 0.944 bits per heavy atom. The van der Waals surface area contributed by atoms with Gasteiger partial charge in [-0.1, -0.05) is 91.0 Å². The highest BCUT2D eigenvalue weighted by Crippen LogP contribution is 2.41. The minimum absolute atomic E-state index is 0.196. The van der Waals surface area contributed by atoms with Crippen molar-refractivity contribution in [2.75, 3.05) is 5.75 Å². The number of nitrogens with zero attached hydrogens (tertiary/aromatic N) is 1. The van der Waals surface area contributed by atoms with Gasteiger partial charge < -0.3 is 10.1 Å². The lowest BCUT2D eigenvalue weighted by Gasteiger charge is -2.49. The van der Waals surface area contributed by atoms with Crippen LogP contribution in [0.25, 0.3) is 0 Å². The molecule has 2 atom stereocenters. The van der Waals surface area contributed by atoms with Crippen LogP contribution in [-0.2, 0) is 25.5 Å². The van der Waals surface area contributed by atoms with Crippen molar-refractivity contribution < 1.29 is 19.1 Å². The summed E-state index contributed by atoms with van der Waals surface area (Å²) < 4.78 is 6.04. The van der Waals surface area contributed by atoms with Crippen LogP contribution in [0.4, 0.5) is 0 Å². The van der Waals surface area contributed by atoms with Crippen molar-refractivity contribution in [2.24, 2.45) is 0 Å². The summed E-state index contributed by atoms with van der Waals surface area (Å²) in [6.07, 6.45) is -0.410. The average Bonchev–Trinajstić information content (AvgIpc) is 2.91. The normalized spacial score (nSPS) is 18.9. The molecule has 0 saturated carbocycles. The Morgan fingerprint density at radius 3 is 2.08 bits per heavy atom. The number of rotatable bonds is 7. The van der Waals surface area contributed by atoms with E-state index in [0.717, 1.165) is 22.3 Å². The first-order chi connectivity index (χ1) is 17.5. The number of β-lactam (4-membered cyclic amide) rings is 1. The summed E-state index contributed by atoms with van der Waals surface area (Å²) in [5.41, 5.74) is 3.62. The summed E-state index contributed by atoms with van der Waals surface area (Å²) in [6, 6.07) is 27.8. The molecule has 0 aromatic heterocycles. The zero-order valence-electron chi connectivity index (χ0n) is 19.8. The van der Waals surface area contributed by atoms with Crippen LogP contribution in [0.3, 0.4) is 0 Å². The molecule has 36 heavy (non-hydrogen) atoms. The number of esters is 1. The third-order valence-corrected chi connectivity index (χ3v) is 7.73. The molecule has 1 N–H and O–H groups in total. The van der Waals surface area contributed by atoms with Gasteiger partial charge in [0, 0.05) is 5.75 Å². The molecule has 182 valence electrons. The van der Waals surface area contributed by atoms with E-state index in [-0.39, 0.29) is 29.3 Å². The Bertz CT molecular complexity index is 1260. The monoisotopic (exact) mass is 498 g/mol. The Kier molecular flexibility index (Phi) is 6.91. The van der Waals surface area contributed by atoms with Gasteiger partial charge in [-0.25, -0.2) is 4.79 Å². The van der Waals surface area contributed by atoms with Crippen molar-refractivity contribution in [3.63, 3.8) is 0 Å². The molecule has 3 aromatic rings. The zero-order chi connectivity index (χ0) is 25.1. The van der Waals surface area contributed by atoms with Gasteiger partial charge in [0.15, 0.2) is 6.10 Å². The number of hydrogen-bond acceptors (Lipinski definition) is 5. The molecule has 0 aliphatic carbocycles. The third-order valence-electron chi connectivity index (χ3n) is 6.31. The summed E-state index contributed by atoms with van der Waals surface area (Å²) in [5, 5.41) is 2.52.